The van der Waals surface area contributed by atoms with Crippen molar-refractivity contribution in [3.8, 4) is 0 Å². The van der Waals surface area contributed by atoms with Crippen LogP contribution in [-0.2, 0) is 4.79 Å². The predicted octanol–water partition coefficient (Wildman–Crippen LogP) is 3.45. The van der Waals surface area contributed by atoms with Crippen LogP contribution in [0.1, 0.15) is 57.8 Å². The van der Waals surface area contributed by atoms with Gasteiger partial charge in [-0.05, 0) is 50.7 Å². The van der Waals surface area contributed by atoms with Crippen LogP contribution < -0.4 is 0 Å². The maximum Gasteiger partial charge on any atom is 0.223 e. The fraction of sp³-hybridized carbons (Fsp3) is 0.933. The van der Waals surface area contributed by atoms with Crippen molar-refractivity contribution in [2.75, 3.05) is 6.26 Å². The zero-order valence-corrected chi connectivity index (χ0v) is 12.3. The molecule has 0 radical (unpaired) electrons. The van der Waals surface area contributed by atoms with E-state index in [4.69, 9.17) is 0 Å². The van der Waals surface area contributed by atoms with E-state index in [9.17, 15) is 4.79 Å². The average Bonchev–Trinajstić information content (AvgIpc) is 2.95. The molecular formula is C15H25NOS. The lowest BCUT2D eigenvalue weighted by atomic mass is 9.98. The molecule has 3 atom stereocenters. The molecule has 3 rings (SSSR count). The van der Waals surface area contributed by atoms with Gasteiger partial charge in [0.15, 0.2) is 0 Å². The van der Waals surface area contributed by atoms with E-state index in [-0.39, 0.29) is 0 Å². The van der Waals surface area contributed by atoms with Crippen LogP contribution >= 0.6 is 11.8 Å². The topological polar surface area (TPSA) is 20.3 Å². The van der Waals surface area contributed by atoms with Gasteiger partial charge >= 0.3 is 0 Å². The summed E-state index contributed by atoms with van der Waals surface area (Å²) in [6.45, 7) is 0. The largest absolute Gasteiger partial charge is 0.337 e. The Hall–Kier alpha value is -0.180. The lowest BCUT2D eigenvalue weighted by Gasteiger charge is -2.39. The van der Waals surface area contributed by atoms with Crippen molar-refractivity contribution in [2.24, 2.45) is 5.92 Å². The molecule has 1 unspecified atom stereocenters. The highest BCUT2D eigenvalue weighted by atomic mass is 32.2. The molecule has 0 aromatic heterocycles. The van der Waals surface area contributed by atoms with Crippen LogP contribution in [0.3, 0.4) is 0 Å². The lowest BCUT2D eigenvalue weighted by Crippen LogP contribution is -2.47. The molecule has 3 aliphatic rings. The first-order chi connectivity index (χ1) is 8.78. The normalized spacial score (nSPS) is 36.3. The van der Waals surface area contributed by atoms with Crippen molar-refractivity contribution in [3.05, 3.63) is 0 Å². The first-order valence-electron chi connectivity index (χ1n) is 7.62. The summed E-state index contributed by atoms with van der Waals surface area (Å²) < 4.78 is 0. The summed E-state index contributed by atoms with van der Waals surface area (Å²) in [7, 11) is 0. The molecule has 3 heteroatoms. The highest BCUT2D eigenvalue weighted by Crippen LogP contribution is 2.40. The quantitative estimate of drug-likeness (QED) is 0.780. The fourth-order valence-electron chi connectivity index (χ4n) is 4.29. The zero-order chi connectivity index (χ0) is 12.5. The van der Waals surface area contributed by atoms with E-state index in [0.29, 0.717) is 23.9 Å². The zero-order valence-electron chi connectivity index (χ0n) is 11.4. The van der Waals surface area contributed by atoms with Crippen molar-refractivity contribution in [1.29, 1.82) is 0 Å². The summed E-state index contributed by atoms with van der Waals surface area (Å²) in [6.07, 6.45) is 13.4. The van der Waals surface area contributed by atoms with Gasteiger partial charge in [0, 0.05) is 23.8 Å². The van der Waals surface area contributed by atoms with Gasteiger partial charge in [0.05, 0.1) is 0 Å². The number of fused-ring (bicyclic) bond motifs is 2. The first-order valence-corrected chi connectivity index (χ1v) is 8.90. The van der Waals surface area contributed by atoms with E-state index >= 15 is 0 Å². The number of carbonyl (C=O) groups excluding carboxylic acids is 1. The third kappa shape index (κ3) is 2.43. The molecule has 1 amide bonds. The molecule has 2 saturated heterocycles. The summed E-state index contributed by atoms with van der Waals surface area (Å²) in [5, 5.41) is 0.804. The maximum absolute atomic E-state index is 12.5. The Labute approximate surface area is 115 Å². The number of rotatable bonds is 3. The van der Waals surface area contributed by atoms with Gasteiger partial charge in [0.25, 0.3) is 0 Å². The summed E-state index contributed by atoms with van der Waals surface area (Å²) in [5.74, 6) is 1.18. The third-order valence-electron chi connectivity index (χ3n) is 5.25. The van der Waals surface area contributed by atoms with Crippen molar-refractivity contribution < 1.29 is 4.79 Å². The van der Waals surface area contributed by atoms with Crippen LogP contribution in [0.15, 0.2) is 0 Å². The van der Waals surface area contributed by atoms with Crippen LogP contribution in [0, 0.1) is 5.92 Å². The number of hydrogen-bond acceptors (Lipinski definition) is 2. The Kier molecular flexibility index (Phi) is 3.88. The van der Waals surface area contributed by atoms with Gasteiger partial charge in [0.1, 0.15) is 0 Å². The van der Waals surface area contributed by atoms with Gasteiger partial charge in [-0.2, -0.15) is 11.8 Å². The van der Waals surface area contributed by atoms with Crippen molar-refractivity contribution in [1.82, 2.24) is 4.90 Å². The van der Waals surface area contributed by atoms with Gasteiger partial charge in [-0.15, -0.1) is 0 Å². The average molecular weight is 267 g/mol. The molecule has 18 heavy (non-hydrogen) atoms. The fourth-order valence-corrected chi connectivity index (χ4v) is 5.12. The number of hydrogen-bond donors (Lipinski definition) is 0. The number of amides is 1. The lowest BCUT2D eigenvalue weighted by molar-refractivity contribution is -0.136. The Morgan fingerprint density at radius 2 is 1.72 bits per heavy atom. The monoisotopic (exact) mass is 267 g/mol. The Morgan fingerprint density at radius 3 is 2.28 bits per heavy atom. The van der Waals surface area contributed by atoms with E-state index < -0.39 is 0 Å². The molecule has 1 aliphatic carbocycles. The minimum absolute atomic E-state index is 0.481. The maximum atomic E-state index is 12.5. The molecule has 0 spiro atoms. The van der Waals surface area contributed by atoms with Gasteiger partial charge in [0.2, 0.25) is 5.91 Å². The van der Waals surface area contributed by atoms with Gasteiger partial charge in [-0.25, -0.2) is 0 Å². The summed E-state index contributed by atoms with van der Waals surface area (Å²) in [6, 6.07) is 1.16. The minimum Gasteiger partial charge on any atom is -0.337 e. The second-order valence-corrected chi connectivity index (χ2v) is 7.51. The highest BCUT2D eigenvalue weighted by Gasteiger charge is 2.43. The molecule has 0 aromatic rings. The molecule has 102 valence electrons. The van der Waals surface area contributed by atoms with Crippen LogP contribution in [0.5, 0.6) is 0 Å². The van der Waals surface area contributed by atoms with Crippen molar-refractivity contribution in [2.45, 2.75) is 75.1 Å². The van der Waals surface area contributed by atoms with Gasteiger partial charge in [-0.3, -0.25) is 4.79 Å². The molecule has 0 N–H and O–H groups in total. The number of piperidine rings is 1. The van der Waals surface area contributed by atoms with Gasteiger partial charge in [-0.1, -0.05) is 12.8 Å². The smallest absolute Gasteiger partial charge is 0.223 e. The Balaban J connectivity index is 1.60. The highest BCUT2D eigenvalue weighted by molar-refractivity contribution is 7.99. The van der Waals surface area contributed by atoms with E-state index in [0.717, 1.165) is 11.7 Å². The van der Waals surface area contributed by atoms with E-state index in [2.05, 4.69) is 11.2 Å². The Morgan fingerprint density at radius 1 is 1.11 bits per heavy atom. The van der Waals surface area contributed by atoms with Crippen LogP contribution in [0.4, 0.5) is 0 Å². The van der Waals surface area contributed by atoms with E-state index in [1.54, 1.807) is 0 Å². The number of carbonyl (C=O) groups is 1. The molecule has 2 heterocycles. The van der Waals surface area contributed by atoms with E-state index in [1.807, 2.05) is 11.8 Å². The van der Waals surface area contributed by atoms with Crippen LogP contribution in [-0.4, -0.2) is 34.4 Å². The van der Waals surface area contributed by atoms with Gasteiger partial charge < -0.3 is 4.90 Å². The molecule has 2 aliphatic heterocycles. The predicted molar refractivity (Wildman–Crippen MR) is 76.8 cm³/mol. The summed E-state index contributed by atoms with van der Waals surface area (Å²) in [4.78, 5) is 14.8. The third-order valence-corrected chi connectivity index (χ3v) is 6.30. The minimum atomic E-state index is 0.481. The summed E-state index contributed by atoms with van der Waals surface area (Å²) >= 11 is 2.00. The van der Waals surface area contributed by atoms with E-state index in [1.165, 1.54) is 51.4 Å². The van der Waals surface area contributed by atoms with Crippen LogP contribution in [0.2, 0.25) is 0 Å². The summed E-state index contributed by atoms with van der Waals surface area (Å²) in [5.41, 5.74) is 0. The number of thioether (sulfide) groups is 1. The number of nitrogens with zero attached hydrogens (tertiary/aromatic N) is 1. The molecule has 2 nitrogen and oxygen atoms in total. The molecule has 1 saturated carbocycles. The van der Waals surface area contributed by atoms with Crippen molar-refractivity contribution >= 4 is 17.7 Å². The first kappa shape index (κ1) is 12.8. The van der Waals surface area contributed by atoms with Crippen molar-refractivity contribution in [3.63, 3.8) is 0 Å². The molecule has 2 bridgehead atoms. The van der Waals surface area contributed by atoms with Crippen LogP contribution in [0.25, 0.3) is 0 Å². The molecule has 3 fully saturated rings. The second kappa shape index (κ2) is 5.44. The molecular weight excluding hydrogens is 242 g/mol. The SMILES string of the molecule is CSC1C[C@H]2CC[C@@H](C1)N2C(=O)CC1CCCC1. The Bertz CT molecular complexity index is 300. The molecule has 0 aromatic carbocycles. The standard InChI is InChI=1S/C15H25NOS/c1-18-14-9-12-6-7-13(10-14)16(12)15(17)8-11-4-2-3-5-11/h11-14H,2-10H2,1H3/t12-,13+,14?. The second-order valence-electron chi connectivity index (χ2n) is 6.37.